The molecule has 0 aromatic carbocycles. The van der Waals surface area contributed by atoms with E-state index in [1.165, 1.54) is 17.7 Å². The van der Waals surface area contributed by atoms with Gasteiger partial charge < -0.3 is 10.6 Å². The number of pyridine rings is 1. The first kappa shape index (κ1) is 13.4. The molecule has 4 nitrogen and oxygen atoms in total. The summed E-state index contributed by atoms with van der Waals surface area (Å²) in [6.07, 6.45) is 4.42. The summed E-state index contributed by atoms with van der Waals surface area (Å²) in [5.74, 6) is 2.06. The Hall–Kier alpha value is -1.60. The van der Waals surface area contributed by atoms with Crippen LogP contribution in [0.15, 0.2) is 6.07 Å². The number of hydrogen-bond acceptors (Lipinski definition) is 4. The van der Waals surface area contributed by atoms with Gasteiger partial charge in [-0.05, 0) is 55.7 Å². The summed E-state index contributed by atoms with van der Waals surface area (Å²) in [4.78, 5) is 7.08. The van der Waals surface area contributed by atoms with Gasteiger partial charge in [0, 0.05) is 18.8 Å². The minimum absolute atomic E-state index is 0.505. The summed E-state index contributed by atoms with van der Waals surface area (Å²) in [6, 6.07) is 4.39. The minimum Gasteiger partial charge on any atom is -0.355 e. The summed E-state index contributed by atoms with van der Waals surface area (Å²) >= 11 is 0. The van der Waals surface area contributed by atoms with E-state index >= 15 is 0 Å². The maximum Gasteiger partial charge on any atom is 0.146 e. The van der Waals surface area contributed by atoms with Gasteiger partial charge in [0.1, 0.15) is 11.9 Å². The molecular weight excluding hydrogens is 248 g/mol. The number of rotatable bonds is 2. The van der Waals surface area contributed by atoms with Crippen molar-refractivity contribution in [1.29, 1.82) is 5.26 Å². The van der Waals surface area contributed by atoms with E-state index in [9.17, 15) is 5.26 Å². The van der Waals surface area contributed by atoms with Crippen LogP contribution in [0.25, 0.3) is 0 Å². The summed E-state index contributed by atoms with van der Waals surface area (Å²) in [7, 11) is 0. The summed E-state index contributed by atoms with van der Waals surface area (Å²) in [5, 5.41) is 9.41. The van der Waals surface area contributed by atoms with Gasteiger partial charge in [0.15, 0.2) is 0 Å². The van der Waals surface area contributed by atoms with E-state index in [1.807, 2.05) is 0 Å². The van der Waals surface area contributed by atoms with Crippen LogP contribution in [0.1, 0.15) is 36.6 Å². The monoisotopic (exact) mass is 270 g/mol. The quantitative estimate of drug-likeness (QED) is 0.891. The molecule has 2 unspecified atom stereocenters. The summed E-state index contributed by atoms with van der Waals surface area (Å²) < 4.78 is 0. The number of piperidine rings is 1. The van der Waals surface area contributed by atoms with Gasteiger partial charge in [-0.25, -0.2) is 4.98 Å². The Kier molecular flexibility index (Phi) is 3.62. The van der Waals surface area contributed by atoms with Gasteiger partial charge >= 0.3 is 0 Å². The number of aryl methyl sites for hydroxylation is 2. The largest absolute Gasteiger partial charge is 0.355 e. The zero-order valence-electron chi connectivity index (χ0n) is 12.1. The molecule has 1 saturated heterocycles. The molecule has 1 aliphatic carbocycles. The Morgan fingerprint density at radius 3 is 3.10 bits per heavy atom. The lowest BCUT2D eigenvalue weighted by Gasteiger charge is -2.37. The smallest absolute Gasteiger partial charge is 0.146 e. The molecule has 3 rings (SSSR count). The number of nitrogens with zero attached hydrogens (tertiary/aromatic N) is 3. The standard InChI is InChI=1S/C16H22N4/c1-11-5-6-20(10-14(11)9-18)16-13(8-17)7-12-3-2-4-15(12)19-16/h7,11,14H,2-6,9-10,18H2,1H3. The molecule has 1 aliphatic heterocycles. The number of anilines is 1. The van der Waals surface area contributed by atoms with E-state index in [4.69, 9.17) is 10.7 Å². The van der Waals surface area contributed by atoms with Crippen molar-refractivity contribution in [2.24, 2.45) is 17.6 Å². The van der Waals surface area contributed by atoms with Gasteiger partial charge in [-0.3, -0.25) is 0 Å². The van der Waals surface area contributed by atoms with Gasteiger partial charge in [0.2, 0.25) is 0 Å². The van der Waals surface area contributed by atoms with Crippen LogP contribution in [0, 0.1) is 23.2 Å². The lowest BCUT2D eigenvalue weighted by Crippen LogP contribution is -2.43. The highest BCUT2D eigenvalue weighted by atomic mass is 15.2. The molecule has 0 amide bonds. The van der Waals surface area contributed by atoms with Crippen LogP contribution in [0.3, 0.4) is 0 Å². The van der Waals surface area contributed by atoms with Gasteiger partial charge in [-0.15, -0.1) is 0 Å². The second-order valence-corrected chi connectivity index (χ2v) is 6.14. The van der Waals surface area contributed by atoms with Gasteiger partial charge in [0.25, 0.3) is 0 Å². The third-order valence-corrected chi connectivity index (χ3v) is 4.87. The number of aromatic nitrogens is 1. The Morgan fingerprint density at radius 1 is 1.50 bits per heavy atom. The third kappa shape index (κ3) is 2.27. The zero-order valence-corrected chi connectivity index (χ0v) is 12.1. The summed E-state index contributed by atoms with van der Waals surface area (Å²) in [5.41, 5.74) is 9.08. The van der Waals surface area contributed by atoms with Crippen LogP contribution >= 0.6 is 0 Å². The average Bonchev–Trinajstić information content (AvgIpc) is 2.93. The van der Waals surface area contributed by atoms with Gasteiger partial charge in [-0.1, -0.05) is 6.92 Å². The maximum atomic E-state index is 9.41. The molecule has 2 atom stereocenters. The second-order valence-electron chi connectivity index (χ2n) is 6.14. The Labute approximate surface area is 120 Å². The van der Waals surface area contributed by atoms with Crippen LogP contribution in [-0.4, -0.2) is 24.6 Å². The van der Waals surface area contributed by atoms with Crippen LogP contribution < -0.4 is 10.6 Å². The first-order valence-electron chi connectivity index (χ1n) is 7.61. The van der Waals surface area contributed by atoms with Gasteiger partial charge in [-0.2, -0.15) is 5.26 Å². The molecule has 0 radical (unpaired) electrons. The molecule has 2 aliphatic rings. The molecule has 20 heavy (non-hydrogen) atoms. The number of nitriles is 1. The lowest BCUT2D eigenvalue weighted by atomic mass is 9.87. The first-order chi connectivity index (χ1) is 9.72. The van der Waals surface area contributed by atoms with Crippen molar-refractivity contribution >= 4 is 5.82 Å². The van der Waals surface area contributed by atoms with Crippen molar-refractivity contribution in [2.75, 3.05) is 24.5 Å². The Morgan fingerprint density at radius 2 is 2.35 bits per heavy atom. The van der Waals surface area contributed by atoms with Gasteiger partial charge in [0.05, 0.1) is 5.56 Å². The van der Waals surface area contributed by atoms with Crippen LogP contribution in [0.5, 0.6) is 0 Å². The molecule has 1 aromatic heterocycles. The van der Waals surface area contributed by atoms with Crippen molar-refractivity contribution in [3.05, 3.63) is 22.9 Å². The molecule has 106 valence electrons. The highest BCUT2D eigenvalue weighted by Crippen LogP contribution is 2.31. The fourth-order valence-corrected chi connectivity index (χ4v) is 3.43. The number of fused-ring (bicyclic) bond motifs is 1. The Balaban J connectivity index is 1.92. The highest BCUT2D eigenvalue weighted by molar-refractivity contribution is 5.57. The highest BCUT2D eigenvalue weighted by Gasteiger charge is 2.28. The van der Waals surface area contributed by atoms with Crippen LogP contribution in [-0.2, 0) is 12.8 Å². The van der Waals surface area contributed by atoms with Crippen molar-refractivity contribution in [3.8, 4) is 6.07 Å². The predicted octanol–water partition coefficient (Wildman–Crippen LogP) is 1.86. The average molecular weight is 270 g/mol. The van der Waals surface area contributed by atoms with Crippen molar-refractivity contribution < 1.29 is 0 Å². The minimum atomic E-state index is 0.505. The van der Waals surface area contributed by atoms with Crippen molar-refractivity contribution in [3.63, 3.8) is 0 Å². The zero-order chi connectivity index (χ0) is 14.1. The Bertz CT molecular complexity index is 546. The molecule has 0 saturated carbocycles. The van der Waals surface area contributed by atoms with E-state index in [1.54, 1.807) is 0 Å². The van der Waals surface area contributed by atoms with Crippen molar-refractivity contribution in [1.82, 2.24) is 4.98 Å². The fraction of sp³-hybridized carbons (Fsp3) is 0.625. The molecule has 0 spiro atoms. The van der Waals surface area contributed by atoms with E-state index in [2.05, 4.69) is 24.0 Å². The lowest BCUT2D eigenvalue weighted by molar-refractivity contribution is 0.306. The third-order valence-electron chi connectivity index (χ3n) is 4.87. The molecule has 2 N–H and O–H groups in total. The van der Waals surface area contributed by atoms with E-state index in [-0.39, 0.29) is 0 Å². The number of nitrogens with two attached hydrogens (primary N) is 1. The second kappa shape index (κ2) is 5.41. The van der Waals surface area contributed by atoms with Crippen LogP contribution in [0.2, 0.25) is 0 Å². The summed E-state index contributed by atoms with van der Waals surface area (Å²) in [6.45, 7) is 4.90. The first-order valence-corrected chi connectivity index (χ1v) is 7.61. The number of hydrogen-bond donors (Lipinski definition) is 1. The predicted molar refractivity (Wildman–Crippen MR) is 79.5 cm³/mol. The van der Waals surface area contributed by atoms with E-state index < -0.39 is 0 Å². The van der Waals surface area contributed by atoms with E-state index in [0.717, 1.165) is 43.7 Å². The molecule has 1 fully saturated rings. The molecule has 0 bridgehead atoms. The molecule has 2 heterocycles. The fourth-order valence-electron chi connectivity index (χ4n) is 3.43. The van der Waals surface area contributed by atoms with E-state index in [0.29, 0.717) is 18.4 Å². The molecular formula is C16H22N4. The maximum absolute atomic E-state index is 9.41. The van der Waals surface area contributed by atoms with Crippen molar-refractivity contribution in [2.45, 2.75) is 32.6 Å². The molecule has 4 heteroatoms. The van der Waals surface area contributed by atoms with Crippen LogP contribution in [0.4, 0.5) is 5.82 Å². The SMILES string of the molecule is CC1CCN(c2nc3c(cc2C#N)CCC3)CC1CN. The normalized spacial score (nSPS) is 25.4. The molecule has 1 aromatic rings. The topological polar surface area (TPSA) is 65.9 Å².